The summed E-state index contributed by atoms with van der Waals surface area (Å²) in [6.45, 7) is 8.89. The molecule has 0 rings (SSSR count). The molecule has 2 nitrogen and oxygen atoms in total. The zero-order valence-corrected chi connectivity index (χ0v) is 6.52. The van der Waals surface area contributed by atoms with Gasteiger partial charge in [-0.25, -0.2) is 5.48 Å². The molecule has 0 amide bonds. The van der Waals surface area contributed by atoms with Gasteiger partial charge >= 0.3 is 0 Å². The van der Waals surface area contributed by atoms with Crippen molar-refractivity contribution >= 4 is 0 Å². The van der Waals surface area contributed by atoms with Gasteiger partial charge in [0.1, 0.15) is 0 Å². The summed E-state index contributed by atoms with van der Waals surface area (Å²) >= 11 is 0. The van der Waals surface area contributed by atoms with Gasteiger partial charge in [-0.2, -0.15) is 0 Å². The summed E-state index contributed by atoms with van der Waals surface area (Å²) in [6.07, 6.45) is 0. The van der Waals surface area contributed by atoms with Crippen LogP contribution in [-0.2, 0) is 4.84 Å². The van der Waals surface area contributed by atoms with Crippen molar-refractivity contribution in [3.63, 3.8) is 0 Å². The van der Waals surface area contributed by atoms with E-state index in [1.807, 2.05) is 27.7 Å². The highest BCUT2D eigenvalue weighted by molar-refractivity contribution is 4.55. The minimum absolute atomic E-state index is 0. The standard InChI is InChI=1S/C6H15NO.FH/c1-5-7-8-6(2,3)4;/h7H,5H2,1-4H3;1H. The van der Waals surface area contributed by atoms with Gasteiger partial charge in [-0.05, 0) is 20.8 Å². The Kier molecular flexibility index (Phi) is 6.07. The fourth-order valence-electron chi connectivity index (χ4n) is 0.289. The summed E-state index contributed by atoms with van der Waals surface area (Å²) < 4.78 is 0. The van der Waals surface area contributed by atoms with Gasteiger partial charge in [0.2, 0.25) is 0 Å². The third kappa shape index (κ3) is 11.4. The second-order valence-corrected chi connectivity index (χ2v) is 2.71. The fraction of sp³-hybridized carbons (Fsp3) is 1.00. The lowest BCUT2D eigenvalue weighted by Crippen LogP contribution is -2.28. The maximum absolute atomic E-state index is 5.13. The highest BCUT2D eigenvalue weighted by Crippen LogP contribution is 2.02. The average Bonchev–Trinajstić information content (AvgIpc) is 1.59. The van der Waals surface area contributed by atoms with E-state index in [1.54, 1.807) is 0 Å². The fourth-order valence-corrected chi connectivity index (χ4v) is 0.289. The molecule has 0 fully saturated rings. The highest BCUT2D eigenvalue weighted by atomic mass is 19.0. The van der Waals surface area contributed by atoms with E-state index in [-0.39, 0.29) is 10.3 Å². The van der Waals surface area contributed by atoms with Crippen molar-refractivity contribution in [3.8, 4) is 0 Å². The minimum atomic E-state index is -0.0595. The van der Waals surface area contributed by atoms with Gasteiger partial charge in [-0.1, -0.05) is 6.92 Å². The Morgan fingerprint density at radius 3 is 1.89 bits per heavy atom. The molecule has 0 aromatic rings. The maximum Gasteiger partial charge on any atom is 0.0812 e. The Balaban J connectivity index is 0. The molecule has 0 aliphatic rings. The number of hydrogen-bond acceptors (Lipinski definition) is 2. The largest absolute Gasteiger partial charge is 0.296 e. The van der Waals surface area contributed by atoms with Crippen LogP contribution in [0.4, 0.5) is 4.70 Å². The van der Waals surface area contributed by atoms with Crippen molar-refractivity contribution in [2.75, 3.05) is 6.54 Å². The van der Waals surface area contributed by atoms with E-state index in [0.29, 0.717) is 0 Å². The molecular formula is C6H16FNO. The van der Waals surface area contributed by atoms with Crippen LogP contribution in [-0.4, -0.2) is 12.1 Å². The van der Waals surface area contributed by atoms with E-state index >= 15 is 0 Å². The first kappa shape index (κ1) is 11.6. The van der Waals surface area contributed by atoms with E-state index in [4.69, 9.17) is 4.84 Å². The highest BCUT2D eigenvalue weighted by Gasteiger charge is 2.08. The van der Waals surface area contributed by atoms with E-state index in [9.17, 15) is 0 Å². The van der Waals surface area contributed by atoms with Crippen LogP contribution in [0.5, 0.6) is 0 Å². The molecule has 0 saturated heterocycles. The van der Waals surface area contributed by atoms with Crippen LogP contribution in [0.3, 0.4) is 0 Å². The van der Waals surface area contributed by atoms with E-state index in [2.05, 4.69) is 5.48 Å². The predicted molar refractivity (Wildman–Crippen MR) is 37.0 cm³/mol. The average molecular weight is 137 g/mol. The first-order valence-corrected chi connectivity index (χ1v) is 2.97. The van der Waals surface area contributed by atoms with E-state index in [1.165, 1.54) is 0 Å². The molecule has 0 aromatic carbocycles. The van der Waals surface area contributed by atoms with E-state index in [0.717, 1.165) is 6.54 Å². The van der Waals surface area contributed by atoms with Gasteiger partial charge < -0.3 is 0 Å². The normalized spacial score (nSPS) is 10.7. The summed E-state index contributed by atoms with van der Waals surface area (Å²) in [5.74, 6) is 0. The van der Waals surface area contributed by atoms with Crippen molar-refractivity contribution in [2.45, 2.75) is 33.3 Å². The van der Waals surface area contributed by atoms with Crippen molar-refractivity contribution in [1.82, 2.24) is 5.48 Å². The molecule has 58 valence electrons. The predicted octanol–water partition coefficient (Wildman–Crippen LogP) is 1.48. The topological polar surface area (TPSA) is 21.3 Å². The number of halogens is 1. The van der Waals surface area contributed by atoms with Crippen molar-refractivity contribution < 1.29 is 9.54 Å². The number of nitrogens with one attached hydrogen (secondary N) is 1. The molecule has 0 bridgehead atoms. The first-order chi connectivity index (χ1) is 3.56. The molecular weight excluding hydrogens is 121 g/mol. The van der Waals surface area contributed by atoms with Gasteiger partial charge in [0, 0.05) is 6.54 Å². The number of hydrogen-bond donors (Lipinski definition) is 1. The third-order valence-corrected chi connectivity index (χ3v) is 0.523. The maximum atomic E-state index is 5.13. The molecule has 0 spiro atoms. The van der Waals surface area contributed by atoms with Gasteiger partial charge in [-0.3, -0.25) is 9.54 Å². The van der Waals surface area contributed by atoms with Gasteiger partial charge in [0.25, 0.3) is 0 Å². The lowest BCUT2D eigenvalue weighted by molar-refractivity contribution is -0.0702. The summed E-state index contributed by atoms with van der Waals surface area (Å²) in [5.41, 5.74) is 2.73. The van der Waals surface area contributed by atoms with Crippen molar-refractivity contribution in [3.05, 3.63) is 0 Å². The Morgan fingerprint density at radius 1 is 1.33 bits per heavy atom. The molecule has 0 radical (unpaired) electrons. The minimum Gasteiger partial charge on any atom is -0.296 e. The molecule has 9 heavy (non-hydrogen) atoms. The smallest absolute Gasteiger partial charge is 0.0812 e. The Bertz CT molecular complexity index is 60.6. The third-order valence-electron chi connectivity index (χ3n) is 0.523. The molecule has 0 heterocycles. The monoisotopic (exact) mass is 137 g/mol. The van der Waals surface area contributed by atoms with Gasteiger partial charge in [-0.15, -0.1) is 0 Å². The van der Waals surface area contributed by atoms with Gasteiger partial charge in [0.15, 0.2) is 0 Å². The molecule has 0 unspecified atom stereocenters. The Hall–Kier alpha value is -0.150. The lowest BCUT2D eigenvalue weighted by Gasteiger charge is -2.18. The van der Waals surface area contributed by atoms with E-state index < -0.39 is 0 Å². The van der Waals surface area contributed by atoms with Crippen molar-refractivity contribution in [2.24, 2.45) is 0 Å². The number of hydroxylamine groups is 1. The molecule has 0 aliphatic heterocycles. The molecule has 0 atom stereocenters. The summed E-state index contributed by atoms with van der Waals surface area (Å²) in [4.78, 5) is 5.13. The number of rotatable bonds is 2. The quantitative estimate of drug-likeness (QED) is 0.582. The van der Waals surface area contributed by atoms with Crippen LogP contribution < -0.4 is 5.48 Å². The summed E-state index contributed by atoms with van der Waals surface area (Å²) in [6, 6.07) is 0. The van der Waals surface area contributed by atoms with Crippen LogP contribution in [0.1, 0.15) is 27.7 Å². The van der Waals surface area contributed by atoms with Crippen LogP contribution >= 0.6 is 0 Å². The molecule has 0 saturated carbocycles. The molecule has 0 aromatic heterocycles. The SMILES string of the molecule is CCNOC(C)(C)C.F. The van der Waals surface area contributed by atoms with Crippen molar-refractivity contribution in [1.29, 1.82) is 0 Å². The van der Waals surface area contributed by atoms with Crippen LogP contribution in [0.15, 0.2) is 0 Å². The van der Waals surface area contributed by atoms with Crippen LogP contribution in [0.2, 0.25) is 0 Å². The summed E-state index contributed by atoms with van der Waals surface area (Å²) in [5, 5.41) is 0. The Labute approximate surface area is 55.9 Å². The zero-order chi connectivity index (χ0) is 6.62. The lowest BCUT2D eigenvalue weighted by atomic mass is 10.2. The second kappa shape index (κ2) is 4.70. The summed E-state index contributed by atoms with van der Waals surface area (Å²) in [7, 11) is 0. The van der Waals surface area contributed by atoms with Gasteiger partial charge in [0.05, 0.1) is 5.60 Å². The zero-order valence-electron chi connectivity index (χ0n) is 6.52. The van der Waals surface area contributed by atoms with Crippen LogP contribution in [0.25, 0.3) is 0 Å². The Morgan fingerprint density at radius 2 is 1.78 bits per heavy atom. The molecule has 3 heteroatoms. The molecule has 1 N–H and O–H groups in total. The second-order valence-electron chi connectivity index (χ2n) is 2.71. The first-order valence-electron chi connectivity index (χ1n) is 2.97. The molecule has 0 aliphatic carbocycles. The van der Waals surface area contributed by atoms with Crippen LogP contribution in [0, 0.1) is 0 Å².